The normalized spacial score (nSPS) is 10.5. The quantitative estimate of drug-likeness (QED) is 0.909. The van der Waals surface area contributed by atoms with Gasteiger partial charge in [-0.3, -0.25) is 4.79 Å². The van der Waals surface area contributed by atoms with E-state index in [1.54, 1.807) is 29.0 Å². The highest BCUT2D eigenvalue weighted by Crippen LogP contribution is 2.14. The first kappa shape index (κ1) is 14.1. The molecule has 0 spiro atoms. The van der Waals surface area contributed by atoms with Gasteiger partial charge in [0.2, 0.25) is 0 Å². The zero-order valence-electron chi connectivity index (χ0n) is 11.4. The second-order valence-electron chi connectivity index (χ2n) is 4.55. The van der Waals surface area contributed by atoms with Crippen molar-refractivity contribution in [2.75, 3.05) is 23.7 Å². The molecule has 106 valence electrons. The zero-order valence-corrected chi connectivity index (χ0v) is 11.4. The van der Waals surface area contributed by atoms with Gasteiger partial charge in [-0.1, -0.05) is 0 Å². The minimum absolute atomic E-state index is 0.0747. The molecule has 0 aliphatic rings. The van der Waals surface area contributed by atoms with Gasteiger partial charge in [0.05, 0.1) is 0 Å². The number of pyridine rings is 1. The summed E-state index contributed by atoms with van der Waals surface area (Å²) < 4.78 is 14.5. The van der Waals surface area contributed by atoms with Crippen molar-refractivity contribution in [1.82, 2.24) is 4.57 Å². The van der Waals surface area contributed by atoms with Gasteiger partial charge in [0, 0.05) is 43.3 Å². The molecule has 0 bridgehead atoms. The summed E-state index contributed by atoms with van der Waals surface area (Å²) in [7, 11) is 0. The topological polar surface area (TPSA) is 51.3 Å². The number of anilines is 2. The Morgan fingerprint density at radius 1 is 1.20 bits per heavy atom. The predicted molar refractivity (Wildman–Crippen MR) is 79.4 cm³/mol. The van der Waals surface area contributed by atoms with Crippen LogP contribution in [0.2, 0.25) is 0 Å². The van der Waals surface area contributed by atoms with Crippen molar-refractivity contribution < 1.29 is 4.39 Å². The number of halogens is 1. The second kappa shape index (κ2) is 6.23. The summed E-state index contributed by atoms with van der Waals surface area (Å²) in [5, 5.41) is 0. The first-order valence-electron chi connectivity index (χ1n) is 6.56. The van der Waals surface area contributed by atoms with Gasteiger partial charge >= 0.3 is 0 Å². The van der Waals surface area contributed by atoms with Crippen LogP contribution in [0.1, 0.15) is 6.92 Å². The maximum absolute atomic E-state index is 12.9. The molecule has 0 fully saturated rings. The van der Waals surface area contributed by atoms with Crippen molar-refractivity contribution in [3.05, 3.63) is 58.8 Å². The van der Waals surface area contributed by atoms with Gasteiger partial charge in [0.25, 0.3) is 5.56 Å². The summed E-state index contributed by atoms with van der Waals surface area (Å²) in [5.74, 6) is -0.253. The molecule has 0 saturated carbocycles. The smallest absolute Gasteiger partial charge is 0.250 e. The lowest BCUT2D eigenvalue weighted by Crippen LogP contribution is -2.30. The van der Waals surface area contributed by atoms with Crippen molar-refractivity contribution in [1.29, 1.82) is 0 Å². The van der Waals surface area contributed by atoms with Crippen LogP contribution in [-0.4, -0.2) is 17.7 Å². The van der Waals surface area contributed by atoms with E-state index in [1.165, 1.54) is 18.2 Å². The summed E-state index contributed by atoms with van der Waals surface area (Å²) in [6.07, 6.45) is 1.64. The van der Waals surface area contributed by atoms with Gasteiger partial charge in [-0.05, 0) is 37.3 Å². The number of likely N-dealkylation sites (N-methyl/N-ethyl adjacent to an activating group) is 1. The Morgan fingerprint density at radius 2 is 1.90 bits per heavy atom. The fourth-order valence-corrected chi connectivity index (χ4v) is 2.07. The first-order valence-corrected chi connectivity index (χ1v) is 6.56. The average molecular weight is 275 g/mol. The number of nitrogen functional groups attached to an aromatic ring is 1. The third kappa shape index (κ3) is 3.38. The molecule has 0 aliphatic carbocycles. The van der Waals surface area contributed by atoms with E-state index in [-0.39, 0.29) is 11.4 Å². The van der Waals surface area contributed by atoms with Crippen LogP contribution >= 0.6 is 0 Å². The number of hydrogen-bond acceptors (Lipinski definition) is 3. The summed E-state index contributed by atoms with van der Waals surface area (Å²) in [6, 6.07) is 9.40. The molecular formula is C15H18FN3O. The Bertz CT molecular complexity index is 622. The summed E-state index contributed by atoms with van der Waals surface area (Å²) >= 11 is 0. The number of nitrogens with zero attached hydrogens (tertiary/aromatic N) is 2. The van der Waals surface area contributed by atoms with Crippen LogP contribution in [-0.2, 0) is 6.54 Å². The van der Waals surface area contributed by atoms with Crippen LogP contribution in [0.15, 0.2) is 47.4 Å². The van der Waals surface area contributed by atoms with Gasteiger partial charge in [-0.15, -0.1) is 0 Å². The molecule has 0 amide bonds. The van der Waals surface area contributed by atoms with Crippen LogP contribution in [0, 0.1) is 5.82 Å². The number of rotatable bonds is 5. The molecular weight excluding hydrogens is 257 g/mol. The fourth-order valence-electron chi connectivity index (χ4n) is 2.07. The molecule has 0 saturated heterocycles. The molecule has 2 aromatic rings. The fraction of sp³-hybridized carbons (Fsp3) is 0.267. The highest BCUT2D eigenvalue weighted by Gasteiger charge is 2.05. The van der Waals surface area contributed by atoms with E-state index >= 15 is 0 Å². The lowest BCUT2D eigenvalue weighted by molar-refractivity contribution is 0.625. The van der Waals surface area contributed by atoms with Gasteiger partial charge in [-0.25, -0.2) is 4.39 Å². The lowest BCUT2D eigenvalue weighted by Gasteiger charge is -2.23. The predicted octanol–water partition coefficient (Wildman–Crippen LogP) is 2.10. The highest BCUT2D eigenvalue weighted by atomic mass is 19.1. The SMILES string of the molecule is CCN(CCn1cc(N)ccc1=O)c1ccc(F)cc1. The average Bonchev–Trinajstić information content (AvgIpc) is 2.45. The van der Waals surface area contributed by atoms with Crippen LogP contribution in [0.3, 0.4) is 0 Å². The van der Waals surface area contributed by atoms with Gasteiger partial charge in [0.1, 0.15) is 5.82 Å². The first-order chi connectivity index (χ1) is 9.60. The Balaban J connectivity index is 2.09. The molecule has 2 N–H and O–H groups in total. The molecule has 5 heteroatoms. The van der Waals surface area contributed by atoms with Crippen molar-refractivity contribution in [2.45, 2.75) is 13.5 Å². The number of nitrogens with two attached hydrogens (primary N) is 1. The van der Waals surface area contributed by atoms with Crippen molar-refractivity contribution >= 4 is 11.4 Å². The molecule has 1 aromatic heterocycles. The molecule has 0 unspecified atom stereocenters. The maximum atomic E-state index is 12.9. The third-order valence-corrected chi connectivity index (χ3v) is 3.19. The maximum Gasteiger partial charge on any atom is 0.250 e. The summed E-state index contributed by atoms with van der Waals surface area (Å²) in [5.41, 5.74) is 7.10. The highest BCUT2D eigenvalue weighted by molar-refractivity contribution is 5.46. The van der Waals surface area contributed by atoms with E-state index in [0.29, 0.717) is 18.8 Å². The monoisotopic (exact) mass is 275 g/mol. The standard InChI is InChI=1S/C15H18FN3O/c1-2-18(14-6-3-12(16)4-7-14)9-10-19-11-13(17)5-8-15(19)20/h3-8,11H,2,9-10,17H2,1H3. The van der Waals surface area contributed by atoms with E-state index in [1.807, 2.05) is 6.92 Å². The minimum atomic E-state index is -0.253. The van der Waals surface area contributed by atoms with E-state index in [0.717, 1.165) is 12.2 Å². The molecule has 1 aromatic carbocycles. The number of benzene rings is 1. The van der Waals surface area contributed by atoms with Crippen LogP contribution in [0.25, 0.3) is 0 Å². The van der Waals surface area contributed by atoms with E-state index in [9.17, 15) is 9.18 Å². The van der Waals surface area contributed by atoms with Crippen molar-refractivity contribution in [3.8, 4) is 0 Å². The largest absolute Gasteiger partial charge is 0.398 e. The van der Waals surface area contributed by atoms with E-state index < -0.39 is 0 Å². The van der Waals surface area contributed by atoms with Crippen molar-refractivity contribution in [3.63, 3.8) is 0 Å². The molecule has 4 nitrogen and oxygen atoms in total. The second-order valence-corrected chi connectivity index (χ2v) is 4.55. The van der Waals surface area contributed by atoms with Gasteiger partial charge in [0.15, 0.2) is 0 Å². The molecule has 0 atom stereocenters. The van der Waals surface area contributed by atoms with Gasteiger partial charge < -0.3 is 15.2 Å². The lowest BCUT2D eigenvalue weighted by atomic mass is 10.2. The number of hydrogen-bond donors (Lipinski definition) is 1. The molecule has 0 radical (unpaired) electrons. The Labute approximate surface area is 117 Å². The van der Waals surface area contributed by atoms with E-state index in [2.05, 4.69) is 4.90 Å². The number of aromatic nitrogens is 1. The molecule has 20 heavy (non-hydrogen) atoms. The Hall–Kier alpha value is -2.30. The Morgan fingerprint density at radius 3 is 2.55 bits per heavy atom. The summed E-state index contributed by atoms with van der Waals surface area (Å²) in [4.78, 5) is 13.8. The third-order valence-electron chi connectivity index (χ3n) is 3.19. The van der Waals surface area contributed by atoms with Gasteiger partial charge in [-0.2, -0.15) is 0 Å². The summed E-state index contributed by atoms with van der Waals surface area (Å²) in [6.45, 7) is 3.99. The molecule has 2 rings (SSSR count). The molecule has 0 aliphatic heterocycles. The van der Waals surface area contributed by atoms with E-state index in [4.69, 9.17) is 5.73 Å². The van der Waals surface area contributed by atoms with Crippen LogP contribution in [0.5, 0.6) is 0 Å². The van der Waals surface area contributed by atoms with Crippen molar-refractivity contribution in [2.24, 2.45) is 0 Å². The zero-order chi connectivity index (χ0) is 14.5. The Kier molecular flexibility index (Phi) is 4.40. The molecule has 1 heterocycles. The van der Waals surface area contributed by atoms with Crippen LogP contribution < -0.4 is 16.2 Å². The van der Waals surface area contributed by atoms with Crippen LogP contribution in [0.4, 0.5) is 15.8 Å². The minimum Gasteiger partial charge on any atom is -0.398 e.